The summed E-state index contributed by atoms with van der Waals surface area (Å²) in [5.41, 5.74) is 5.98. The van der Waals surface area contributed by atoms with Crippen molar-refractivity contribution in [1.82, 2.24) is 9.80 Å². The summed E-state index contributed by atoms with van der Waals surface area (Å²) >= 11 is 0. The predicted molar refractivity (Wildman–Crippen MR) is 82.5 cm³/mol. The van der Waals surface area contributed by atoms with E-state index in [1.165, 1.54) is 25.7 Å². The van der Waals surface area contributed by atoms with Crippen LogP contribution in [0.3, 0.4) is 0 Å². The van der Waals surface area contributed by atoms with Crippen LogP contribution in [0.4, 0.5) is 0 Å². The third-order valence-corrected chi connectivity index (χ3v) is 4.96. The first-order valence-corrected chi connectivity index (χ1v) is 8.48. The second-order valence-electron chi connectivity index (χ2n) is 6.43. The van der Waals surface area contributed by atoms with E-state index >= 15 is 0 Å². The predicted octanol–water partition coefficient (Wildman–Crippen LogP) is 1.98. The molecule has 4 nitrogen and oxygen atoms in total. The topological polar surface area (TPSA) is 49.6 Å². The SMILES string of the molecule is CCN(CC(=O)N1CCCCCC1)C1CCC(N)CC1. The lowest BCUT2D eigenvalue weighted by Crippen LogP contribution is -2.47. The second kappa shape index (κ2) is 7.99. The van der Waals surface area contributed by atoms with Gasteiger partial charge in [-0.25, -0.2) is 0 Å². The van der Waals surface area contributed by atoms with E-state index in [-0.39, 0.29) is 0 Å². The molecule has 1 heterocycles. The van der Waals surface area contributed by atoms with Crippen molar-refractivity contribution >= 4 is 5.91 Å². The van der Waals surface area contributed by atoms with E-state index in [1.807, 2.05) is 0 Å². The number of likely N-dealkylation sites (tertiary alicyclic amines) is 1. The number of carbonyl (C=O) groups excluding carboxylic acids is 1. The molecule has 2 N–H and O–H groups in total. The first kappa shape index (κ1) is 15.8. The van der Waals surface area contributed by atoms with Gasteiger partial charge in [-0.15, -0.1) is 0 Å². The van der Waals surface area contributed by atoms with Crippen molar-refractivity contribution in [2.24, 2.45) is 5.73 Å². The Morgan fingerprint density at radius 3 is 2.25 bits per heavy atom. The average molecular weight is 281 g/mol. The van der Waals surface area contributed by atoms with Crippen LogP contribution in [0.25, 0.3) is 0 Å². The first-order chi connectivity index (χ1) is 9.70. The summed E-state index contributed by atoms with van der Waals surface area (Å²) < 4.78 is 0. The summed E-state index contributed by atoms with van der Waals surface area (Å²) in [7, 11) is 0. The van der Waals surface area contributed by atoms with E-state index in [0.717, 1.165) is 45.3 Å². The molecular formula is C16H31N3O. The number of nitrogens with two attached hydrogens (primary N) is 1. The van der Waals surface area contributed by atoms with Crippen LogP contribution in [-0.4, -0.2) is 54.0 Å². The molecule has 2 rings (SSSR count). The van der Waals surface area contributed by atoms with Crippen molar-refractivity contribution < 1.29 is 4.79 Å². The number of rotatable bonds is 4. The molecule has 1 saturated heterocycles. The number of carbonyl (C=O) groups is 1. The normalized spacial score (nSPS) is 28.4. The largest absolute Gasteiger partial charge is 0.342 e. The summed E-state index contributed by atoms with van der Waals surface area (Å²) in [5.74, 6) is 0.337. The van der Waals surface area contributed by atoms with Gasteiger partial charge in [0, 0.05) is 25.2 Å². The Balaban J connectivity index is 1.83. The number of nitrogens with zero attached hydrogens (tertiary/aromatic N) is 2. The zero-order valence-electron chi connectivity index (χ0n) is 13.0. The van der Waals surface area contributed by atoms with Crippen molar-refractivity contribution in [2.75, 3.05) is 26.2 Å². The van der Waals surface area contributed by atoms with Gasteiger partial charge in [-0.1, -0.05) is 19.8 Å². The minimum absolute atomic E-state index is 0.337. The van der Waals surface area contributed by atoms with E-state index < -0.39 is 0 Å². The highest BCUT2D eigenvalue weighted by atomic mass is 16.2. The maximum Gasteiger partial charge on any atom is 0.236 e. The summed E-state index contributed by atoms with van der Waals surface area (Å²) in [6, 6.07) is 0.946. The molecule has 4 heteroatoms. The fourth-order valence-electron chi connectivity index (χ4n) is 3.56. The molecule has 1 saturated carbocycles. The zero-order chi connectivity index (χ0) is 14.4. The summed E-state index contributed by atoms with van der Waals surface area (Å²) in [4.78, 5) is 16.9. The Labute approximate surface area is 123 Å². The molecule has 116 valence electrons. The first-order valence-electron chi connectivity index (χ1n) is 8.48. The minimum atomic E-state index is 0.337. The Kier molecular flexibility index (Phi) is 6.30. The molecular weight excluding hydrogens is 250 g/mol. The molecule has 0 aromatic rings. The number of likely N-dealkylation sites (N-methyl/N-ethyl adjacent to an activating group) is 1. The molecule has 1 aliphatic heterocycles. The average Bonchev–Trinajstić information content (AvgIpc) is 2.75. The Morgan fingerprint density at radius 1 is 1.10 bits per heavy atom. The van der Waals surface area contributed by atoms with E-state index in [9.17, 15) is 4.79 Å². The molecule has 0 aromatic carbocycles. The van der Waals surface area contributed by atoms with Gasteiger partial charge >= 0.3 is 0 Å². The Morgan fingerprint density at radius 2 is 1.70 bits per heavy atom. The minimum Gasteiger partial charge on any atom is -0.342 e. The summed E-state index contributed by atoms with van der Waals surface area (Å²) in [5, 5.41) is 0. The van der Waals surface area contributed by atoms with Crippen LogP contribution in [-0.2, 0) is 4.79 Å². The fourth-order valence-corrected chi connectivity index (χ4v) is 3.56. The van der Waals surface area contributed by atoms with Crippen LogP contribution < -0.4 is 5.73 Å². The van der Waals surface area contributed by atoms with Crippen LogP contribution in [0.15, 0.2) is 0 Å². The number of hydrogen-bond acceptors (Lipinski definition) is 3. The summed E-state index contributed by atoms with van der Waals surface area (Å²) in [6.45, 7) is 5.68. The van der Waals surface area contributed by atoms with Crippen molar-refractivity contribution in [3.8, 4) is 0 Å². The monoisotopic (exact) mass is 281 g/mol. The maximum atomic E-state index is 12.5. The molecule has 2 aliphatic rings. The zero-order valence-corrected chi connectivity index (χ0v) is 13.0. The number of amides is 1. The van der Waals surface area contributed by atoms with Crippen molar-refractivity contribution in [2.45, 2.75) is 70.4 Å². The molecule has 0 atom stereocenters. The van der Waals surface area contributed by atoms with Gasteiger partial charge in [-0.2, -0.15) is 0 Å². The van der Waals surface area contributed by atoms with Gasteiger partial charge in [-0.3, -0.25) is 9.69 Å². The highest BCUT2D eigenvalue weighted by molar-refractivity contribution is 5.78. The van der Waals surface area contributed by atoms with Gasteiger partial charge in [-0.05, 0) is 45.1 Å². The molecule has 0 aromatic heterocycles. The third kappa shape index (κ3) is 4.45. The molecule has 0 unspecified atom stereocenters. The van der Waals surface area contributed by atoms with E-state index in [2.05, 4.69) is 16.7 Å². The van der Waals surface area contributed by atoms with Gasteiger partial charge < -0.3 is 10.6 Å². The van der Waals surface area contributed by atoms with Gasteiger partial charge in [0.25, 0.3) is 0 Å². The van der Waals surface area contributed by atoms with Crippen LogP contribution in [0.2, 0.25) is 0 Å². The smallest absolute Gasteiger partial charge is 0.236 e. The Hall–Kier alpha value is -0.610. The van der Waals surface area contributed by atoms with Crippen LogP contribution in [0.5, 0.6) is 0 Å². The lowest BCUT2D eigenvalue weighted by atomic mass is 9.90. The fraction of sp³-hybridized carbons (Fsp3) is 0.938. The third-order valence-electron chi connectivity index (χ3n) is 4.96. The van der Waals surface area contributed by atoms with E-state index in [4.69, 9.17) is 5.73 Å². The van der Waals surface area contributed by atoms with Crippen LogP contribution in [0.1, 0.15) is 58.3 Å². The van der Waals surface area contributed by atoms with E-state index in [1.54, 1.807) is 0 Å². The standard InChI is InChI=1S/C16H31N3O/c1-2-18(15-9-7-14(17)8-10-15)13-16(20)19-11-5-3-4-6-12-19/h14-15H,2-13,17H2,1H3. The lowest BCUT2D eigenvalue weighted by molar-refractivity contribution is -0.133. The Bertz CT molecular complexity index is 292. The molecule has 20 heavy (non-hydrogen) atoms. The van der Waals surface area contributed by atoms with Gasteiger partial charge in [0.1, 0.15) is 0 Å². The van der Waals surface area contributed by atoms with Crippen molar-refractivity contribution in [3.05, 3.63) is 0 Å². The van der Waals surface area contributed by atoms with Crippen LogP contribution >= 0.6 is 0 Å². The molecule has 0 radical (unpaired) electrons. The van der Waals surface area contributed by atoms with Crippen molar-refractivity contribution in [3.63, 3.8) is 0 Å². The number of hydrogen-bond donors (Lipinski definition) is 1. The van der Waals surface area contributed by atoms with Gasteiger partial charge in [0.2, 0.25) is 5.91 Å². The second-order valence-corrected chi connectivity index (χ2v) is 6.43. The quantitative estimate of drug-likeness (QED) is 0.857. The van der Waals surface area contributed by atoms with Crippen molar-refractivity contribution in [1.29, 1.82) is 0 Å². The molecule has 0 spiro atoms. The summed E-state index contributed by atoms with van der Waals surface area (Å²) in [6.07, 6.45) is 9.44. The van der Waals surface area contributed by atoms with Gasteiger partial charge in [0.05, 0.1) is 6.54 Å². The molecule has 2 fully saturated rings. The van der Waals surface area contributed by atoms with Gasteiger partial charge in [0.15, 0.2) is 0 Å². The lowest BCUT2D eigenvalue weighted by Gasteiger charge is -2.36. The molecule has 0 bridgehead atoms. The molecule has 1 aliphatic carbocycles. The van der Waals surface area contributed by atoms with Crippen LogP contribution in [0, 0.1) is 0 Å². The highest BCUT2D eigenvalue weighted by Crippen LogP contribution is 2.22. The van der Waals surface area contributed by atoms with E-state index in [0.29, 0.717) is 24.5 Å². The maximum absolute atomic E-state index is 12.5. The highest BCUT2D eigenvalue weighted by Gasteiger charge is 2.26. The molecule has 1 amide bonds.